The van der Waals surface area contributed by atoms with Crippen molar-refractivity contribution in [2.75, 3.05) is 11.9 Å². The summed E-state index contributed by atoms with van der Waals surface area (Å²) in [7, 11) is 0. The highest BCUT2D eigenvalue weighted by Gasteiger charge is 2.19. The number of benzene rings is 1. The summed E-state index contributed by atoms with van der Waals surface area (Å²) in [6.07, 6.45) is -0.0100. The Hall–Kier alpha value is -2.15. The van der Waals surface area contributed by atoms with E-state index in [4.69, 9.17) is 5.11 Å². The Balaban J connectivity index is 3.00. The third kappa shape index (κ3) is 4.71. The van der Waals surface area contributed by atoms with Crippen molar-refractivity contribution in [2.45, 2.75) is 33.3 Å². The van der Waals surface area contributed by atoms with Gasteiger partial charge in [0.1, 0.15) is 0 Å². The highest BCUT2D eigenvalue weighted by atomic mass is 16.6. The molecule has 1 aromatic carbocycles. The van der Waals surface area contributed by atoms with Crippen LogP contribution in [0.1, 0.15) is 36.2 Å². The first-order chi connectivity index (χ1) is 9.72. The van der Waals surface area contributed by atoms with Gasteiger partial charge in [0.25, 0.3) is 5.69 Å². The van der Waals surface area contributed by atoms with Gasteiger partial charge in [0.15, 0.2) is 0 Å². The molecular weight excluding hydrogens is 276 g/mol. The average Bonchev–Trinajstić information content (AvgIpc) is 2.35. The van der Waals surface area contributed by atoms with Crippen molar-refractivity contribution in [3.8, 4) is 0 Å². The topological polar surface area (TPSA) is 113 Å². The summed E-state index contributed by atoms with van der Waals surface area (Å²) in [4.78, 5) is 21.4. The maximum atomic E-state index is 11.0. The number of carbonyl (C=O) groups is 1. The van der Waals surface area contributed by atoms with E-state index in [9.17, 15) is 20.0 Å². The van der Waals surface area contributed by atoms with E-state index in [2.05, 4.69) is 5.32 Å². The van der Waals surface area contributed by atoms with Crippen molar-refractivity contribution in [2.24, 2.45) is 5.92 Å². The van der Waals surface area contributed by atoms with Gasteiger partial charge in [0, 0.05) is 23.9 Å². The largest absolute Gasteiger partial charge is 0.478 e. The third-order valence-corrected chi connectivity index (χ3v) is 3.10. The first-order valence-corrected chi connectivity index (χ1v) is 6.66. The Bertz CT molecular complexity index is 542. The molecule has 0 spiro atoms. The molecule has 1 atom stereocenters. The second-order valence-electron chi connectivity index (χ2n) is 5.39. The molecule has 3 N–H and O–H groups in total. The first kappa shape index (κ1) is 16.9. The standard InChI is InChI=1S/C14H20N2O5/c1-8(2)4-11(17)7-15-12-5-10(14(18)19)6-13(9(12)3)16(20)21/h5-6,8,11,15,17H,4,7H2,1-3H3,(H,18,19). The van der Waals surface area contributed by atoms with Crippen molar-refractivity contribution in [1.29, 1.82) is 0 Å². The fraction of sp³-hybridized carbons (Fsp3) is 0.500. The highest BCUT2D eigenvalue weighted by molar-refractivity contribution is 5.90. The van der Waals surface area contributed by atoms with E-state index in [1.165, 1.54) is 6.07 Å². The minimum atomic E-state index is -1.23. The zero-order valence-corrected chi connectivity index (χ0v) is 12.3. The molecule has 0 bridgehead atoms. The number of aliphatic hydroxyl groups excluding tert-OH is 1. The Morgan fingerprint density at radius 1 is 1.43 bits per heavy atom. The molecular formula is C14H20N2O5. The number of nitrogens with zero attached hydrogens (tertiary/aromatic N) is 1. The van der Waals surface area contributed by atoms with Crippen LogP contribution in [0.5, 0.6) is 0 Å². The SMILES string of the molecule is Cc1c(NCC(O)CC(C)C)cc(C(=O)O)cc1[N+](=O)[O-]. The smallest absolute Gasteiger partial charge is 0.336 e. The van der Waals surface area contributed by atoms with Crippen molar-refractivity contribution in [3.05, 3.63) is 33.4 Å². The van der Waals surface area contributed by atoms with Crippen LogP contribution in [0.4, 0.5) is 11.4 Å². The molecule has 0 saturated carbocycles. The molecule has 1 aromatic rings. The number of hydrogen-bond donors (Lipinski definition) is 3. The molecule has 0 aromatic heterocycles. The maximum absolute atomic E-state index is 11.0. The lowest BCUT2D eigenvalue weighted by Gasteiger charge is -2.16. The van der Waals surface area contributed by atoms with Crippen LogP contribution < -0.4 is 5.32 Å². The van der Waals surface area contributed by atoms with Crippen LogP contribution >= 0.6 is 0 Å². The second-order valence-corrected chi connectivity index (χ2v) is 5.39. The average molecular weight is 296 g/mol. The third-order valence-electron chi connectivity index (χ3n) is 3.10. The van der Waals surface area contributed by atoms with Crippen LogP contribution in [-0.4, -0.2) is 33.8 Å². The molecule has 116 valence electrons. The first-order valence-electron chi connectivity index (χ1n) is 6.66. The van der Waals surface area contributed by atoms with E-state index in [-0.39, 0.29) is 17.8 Å². The predicted octanol–water partition coefficient (Wildman–Crippen LogP) is 2.42. The van der Waals surface area contributed by atoms with Gasteiger partial charge in [-0.1, -0.05) is 13.8 Å². The highest BCUT2D eigenvalue weighted by Crippen LogP contribution is 2.28. The lowest BCUT2D eigenvalue weighted by molar-refractivity contribution is -0.385. The normalized spacial score (nSPS) is 12.2. The van der Waals surface area contributed by atoms with Crippen LogP contribution in [0.3, 0.4) is 0 Å². The molecule has 0 amide bonds. The number of aliphatic hydroxyl groups is 1. The Kier molecular flexibility index (Phi) is 5.66. The summed E-state index contributed by atoms with van der Waals surface area (Å²) in [5, 5.41) is 32.7. The number of rotatable bonds is 7. The molecule has 7 heteroatoms. The van der Waals surface area contributed by atoms with Crippen LogP contribution in [0, 0.1) is 23.0 Å². The molecule has 0 aliphatic heterocycles. The summed E-state index contributed by atoms with van der Waals surface area (Å²) in [6, 6.07) is 2.38. The Morgan fingerprint density at radius 2 is 2.05 bits per heavy atom. The lowest BCUT2D eigenvalue weighted by atomic mass is 10.0. The van der Waals surface area contributed by atoms with Gasteiger partial charge in [-0.2, -0.15) is 0 Å². The van der Waals surface area contributed by atoms with Gasteiger partial charge >= 0.3 is 5.97 Å². The zero-order chi connectivity index (χ0) is 16.2. The summed E-state index contributed by atoms with van der Waals surface area (Å²) in [5.41, 5.74) is 0.287. The van der Waals surface area contributed by atoms with E-state index in [1.54, 1.807) is 6.92 Å². The number of hydrogen-bond acceptors (Lipinski definition) is 5. The summed E-state index contributed by atoms with van der Waals surface area (Å²) in [6.45, 7) is 5.70. The van der Waals surface area contributed by atoms with Crippen LogP contribution in [0.2, 0.25) is 0 Å². The maximum Gasteiger partial charge on any atom is 0.336 e. The summed E-state index contributed by atoms with van der Waals surface area (Å²) >= 11 is 0. The van der Waals surface area contributed by atoms with Crippen molar-refractivity contribution in [3.63, 3.8) is 0 Å². The van der Waals surface area contributed by atoms with Gasteiger partial charge in [-0.05, 0) is 25.3 Å². The molecule has 0 radical (unpaired) electrons. The molecule has 0 heterocycles. The zero-order valence-electron chi connectivity index (χ0n) is 12.3. The number of carboxylic acids is 1. The summed E-state index contributed by atoms with van der Waals surface area (Å²) in [5.74, 6) is -0.911. The van der Waals surface area contributed by atoms with Gasteiger partial charge in [-0.25, -0.2) is 4.79 Å². The molecule has 21 heavy (non-hydrogen) atoms. The number of nitro groups is 1. The lowest BCUT2D eigenvalue weighted by Crippen LogP contribution is -2.22. The number of nitro benzene ring substituents is 1. The van der Waals surface area contributed by atoms with Crippen LogP contribution in [0.25, 0.3) is 0 Å². The molecule has 1 unspecified atom stereocenters. The van der Waals surface area contributed by atoms with Crippen molar-refractivity contribution in [1.82, 2.24) is 0 Å². The van der Waals surface area contributed by atoms with E-state index < -0.39 is 17.0 Å². The quantitative estimate of drug-likeness (QED) is 0.526. The van der Waals surface area contributed by atoms with E-state index in [1.807, 2.05) is 13.8 Å². The Morgan fingerprint density at radius 3 is 2.52 bits per heavy atom. The number of anilines is 1. The Labute approximate surface area is 122 Å². The number of carboxylic acid groups (broad SMARTS) is 1. The van der Waals surface area contributed by atoms with Crippen molar-refractivity contribution < 1.29 is 19.9 Å². The minimum Gasteiger partial charge on any atom is -0.478 e. The second kappa shape index (κ2) is 7.03. The van der Waals surface area contributed by atoms with E-state index in [0.29, 0.717) is 23.6 Å². The van der Waals surface area contributed by atoms with E-state index in [0.717, 1.165) is 6.07 Å². The van der Waals surface area contributed by atoms with Gasteiger partial charge in [0.05, 0.1) is 16.6 Å². The molecule has 0 fully saturated rings. The van der Waals surface area contributed by atoms with Crippen LogP contribution in [-0.2, 0) is 0 Å². The van der Waals surface area contributed by atoms with Crippen LogP contribution in [0.15, 0.2) is 12.1 Å². The van der Waals surface area contributed by atoms with Gasteiger partial charge < -0.3 is 15.5 Å². The predicted molar refractivity (Wildman–Crippen MR) is 78.7 cm³/mol. The van der Waals surface area contributed by atoms with Gasteiger partial charge in [-0.15, -0.1) is 0 Å². The van der Waals surface area contributed by atoms with Gasteiger partial charge in [-0.3, -0.25) is 10.1 Å². The molecule has 0 saturated heterocycles. The molecule has 1 rings (SSSR count). The van der Waals surface area contributed by atoms with E-state index >= 15 is 0 Å². The fourth-order valence-corrected chi connectivity index (χ4v) is 2.05. The monoisotopic (exact) mass is 296 g/mol. The molecule has 0 aliphatic carbocycles. The molecule has 7 nitrogen and oxygen atoms in total. The fourth-order valence-electron chi connectivity index (χ4n) is 2.05. The van der Waals surface area contributed by atoms with Gasteiger partial charge in [0.2, 0.25) is 0 Å². The molecule has 0 aliphatic rings. The number of aromatic carboxylic acids is 1. The summed E-state index contributed by atoms with van der Waals surface area (Å²) < 4.78 is 0. The van der Waals surface area contributed by atoms with Crippen molar-refractivity contribution >= 4 is 17.3 Å². The number of nitrogens with one attached hydrogen (secondary N) is 1. The minimum absolute atomic E-state index is 0.159.